The zero-order chi connectivity index (χ0) is 18.6. The van der Waals surface area contributed by atoms with E-state index in [9.17, 15) is 9.59 Å². The Morgan fingerprint density at radius 1 is 1.11 bits per heavy atom. The minimum absolute atomic E-state index is 0.172. The molecular weight excluding hydrogens is 362 g/mol. The van der Waals surface area contributed by atoms with Crippen molar-refractivity contribution in [1.29, 1.82) is 0 Å². The molecule has 1 aliphatic heterocycles. The van der Waals surface area contributed by atoms with E-state index in [1.807, 2.05) is 23.1 Å². The molecule has 1 saturated heterocycles. The summed E-state index contributed by atoms with van der Waals surface area (Å²) in [6.07, 6.45) is 1.09. The van der Waals surface area contributed by atoms with Gasteiger partial charge in [-0.2, -0.15) is 11.3 Å². The Bertz CT molecular complexity index is 952. The zero-order valence-corrected chi connectivity index (χ0v) is 16.0. The van der Waals surface area contributed by atoms with Crippen LogP contribution in [0.25, 0.3) is 11.1 Å². The lowest BCUT2D eigenvalue weighted by Gasteiger charge is -2.34. The normalized spacial score (nSPS) is 15.5. The van der Waals surface area contributed by atoms with E-state index in [-0.39, 0.29) is 11.7 Å². The second kappa shape index (κ2) is 8.10. The van der Waals surface area contributed by atoms with E-state index < -0.39 is 0 Å². The van der Waals surface area contributed by atoms with Gasteiger partial charge in [0.2, 0.25) is 5.91 Å². The van der Waals surface area contributed by atoms with Gasteiger partial charge in [0.15, 0.2) is 5.58 Å². The highest BCUT2D eigenvalue weighted by Gasteiger charge is 2.21. The quantitative estimate of drug-likeness (QED) is 0.655. The number of rotatable bonds is 6. The highest BCUT2D eigenvalue weighted by atomic mass is 32.1. The van der Waals surface area contributed by atoms with Crippen LogP contribution in [-0.2, 0) is 17.9 Å². The van der Waals surface area contributed by atoms with Crippen molar-refractivity contribution < 1.29 is 9.21 Å². The van der Waals surface area contributed by atoms with Gasteiger partial charge in [-0.3, -0.25) is 14.3 Å². The van der Waals surface area contributed by atoms with Crippen LogP contribution in [0.2, 0.25) is 0 Å². The number of carbonyl (C=O) groups excluding carboxylic acids is 1. The first-order valence-electron chi connectivity index (χ1n) is 9.30. The zero-order valence-electron chi connectivity index (χ0n) is 15.2. The van der Waals surface area contributed by atoms with Crippen molar-refractivity contribution in [2.45, 2.75) is 25.9 Å². The average molecular weight is 385 g/mol. The first kappa shape index (κ1) is 18.0. The Morgan fingerprint density at radius 2 is 1.93 bits per heavy atom. The molecular formula is C20H23N3O3S. The Balaban J connectivity index is 1.25. The first-order chi connectivity index (χ1) is 13.2. The minimum Gasteiger partial charge on any atom is -0.408 e. The van der Waals surface area contributed by atoms with Gasteiger partial charge in [0.1, 0.15) is 0 Å². The number of oxazole rings is 1. The van der Waals surface area contributed by atoms with Crippen molar-refractivity contribution in [1.82, 2.24) is 14.4 Å². The number of piperazine rings is 1. The predicted octanol–water partition coefficient (Wildman–Crippen LogP) is 2.78. The van der Waals surface area contributed by atoms with Gasteiger partial charge in [-0.05, 0) is 40.9 Å². The molecule has 0 spiro atoms. The summed E-state index contributed by atoms with van der Waals surface area (Å²) in [6, 6.07) is 9.54. The van der Waals surface area contributed by atoms with Crippen molar-refractivity contribution in [3.05, 3.63) is 57.2 Å². The summed E-state index contributed by atoms with van der Waals surface area (Å²) in [5, 5.41) is 4.28. The maximum atomic E-state index is 12.5. The van der Waals surface area contributed by atoms with E-state index in [2.05, 4.69) is 21.7 Å². The number of thiophene rings is 1. The van der Waals surface area contributed by atoms with Crippen LogP contribution in [0.5, 0.6) is 0 Å². The lowest BCUT2D eigenvalue weighted by Crippen LogP contribution is -2.48. The summed E-state index contributed by atoms with van der Waals surface area (Å²) in [6.45, 7) is 4.83. The van der Waals surface area contributed by atoms with Crippen molar-refractivity contribution in [2.24, 2.45) is 0 Å². The molecule has 0 aliphatic carbocycles. The van der Waals surface area contributed by atoms with Gasteiger partial charge >= 0.3 is 5.76 Å². The van der Waals surface area contributed by atoms with Crippen LogP contribution >= 0.6 is 11.3 Å². The van der Waals surface area contributed by atoms with Crippen LogP contribution in [0, 0.1) is 0 Å². The molecule has 3 heterocycles. The molecule has 1 aromatic carbocycles. The maximum absolute atomic E-state index is 12.5. The summed E-state index contributed by atoms with van der Waals surface area (Å²) in [5.41, 5.74) is 2.73. The molecule has 1 amide bonds. The highest BCUT2D eigenvalue weighted by Crippen LogP contribution is 2.14. The molecule has 7 heteroatoms. The lowest BCUT2D eigenvalue weighted by molar-refractivity contribution is -0.133. The molecule has 0 atom stereocenters. The number of aromatic nitrogens is 1. The molecule has 3 aromatic rings. The van der Waals surface area contributed by atoms with Gasteiger partial charge in [-0.15, -0.1) is 0 Å². The van der Waals surface area contributed by atoms with Gasteiger partial charge in [-0.1, -0.05) is 12.1 Å². The fraction of sp³-hybridized carbons (Fsp3) is 0.400. The predicted molar refractivity (Wildman–Crippen MR) is 106 cm³/mol. The standard InChI is InChI=1S/C20H23N3O3S/c24-19(22-11-9-21(10-12-22)14-16-7-13-27-15-16)6-3-8-23-17-4-1-2-5-18(17)26-20(23)25/h1-2,4-5,7,13,15H,3,6,8-12,14H2. The smallest absolute Gasteiger partial charge is 0.408 e. The third kappa shape index (κ3) is 4.14. The van der Waals surface area contributed by atoms with Crippen LogP contribution < -0.4 is 5.76 Å². The third-order valence-corrected chi connectivity index (χ3v) is 5.79. The number of nitrogens with zero attached hydrogens (tertiary/aromatic N) is 3. The van der Waals surface area contributed by atoms with E-state index in [4.69, 9.17) is 4.42 Å². The number of hydrogen-bond acceptors (Lipinski definition) is 5. The van der Waals surface area contributed by atoms with Crippen LogP contribution in [0.1, 0.15) is 18.4 Å². The number of para-hydroxylation sites is 2. The van der Waals surface area contributed by atoms with E-state index in [1.165, 1.54) is 5.56 Å². The number of amides is 1. The third-order valence-electron chi connectivity index (χ3n) is 5.06. The van der Waals surface area contributed by atoms with Crippen LogP contribution in [0.15, 0.2) is 50.3 Å². The van der Waals surface area contributed by atoms with E-state index in [0.717, 1.165) is 38.2 Å². The summed E-state index contributed by atoms with van der Waals surface area (Å²) in [4.78, 5) is 28.8. The SMILES string of the molecule is O=C(CCCn1c(=O)oc2ccccc21)N1CCN(Cc2ccsc2)CC1. The van der Waals surface area contributed by atoms with Crippen LogP contribution in [-0.4, -0.2) is 46.5 Å². The summed E-state index contributed by atoms with van der Waals surface area (Å²) in [5.74, 6) is -0.184. The van der Waals surface area contributed by atoms with Crippen molar-refractivity contribution >= 4 is 28.3 Å². The van der Waals surface area contributed by atoms with Gasteiger partial charge < -0.3 is 9.32 Å². The molecule has 1 fully saturated rings. The molecule has 0 N–H and O–H groups in total. The summed E-state index contributed by atoms with van der Waals surface area (Å²) < 4.78 is 6.85. The molecule has 27 heavy (non-hydrogen) atoms. The first-order valence-corrected chi connectivity index (χ1v) is 10.2. The lowest BCUT2D eigenvalue weighted by atomic mass is 10.2. The Labute approximate surface area is 161 Å². The fourth-order valence-electron chi connectivity index (χ4n) is 3.57. The van der Waals surface area contributed by atoms with Crippen LogP contribution in [0.4, 0.5) is 0 Å². The average Bonchev–Trinajstić information content (AvgIpc) is 3.30. The van der Waals surface area contributed by atoms with Gasteiger partial charge in [-0.25, -0.2) is 4.79 Å². The Hall–Kier alpha value is -2.38. The van der Waals surface area contributed by atoms with Crippen LogP contribution in [0.3, 0.4) is 0 Å². The van der Waals surface area contributed by atoms with Crippen molar-refractivity contribution in [3.8, 4) is 0 Å². The number of carbonyl (C=O) groups is 1. The Morgan fingerprint density at radius 3 is 2.70 bits per heavy atom. The number of fused-ring (bicyclic) bond motifs is 1. The van der Waals surface area contributed by atoms with E-state index in [1.54, 1.807) is 22.0 Å². The topological polar surface area (TPSA) is 58.7 Å². The molecule has 0 saturated carbocycles. The van der Waals surface area contributed by atoms with Crippen molar-refractivity contribution in [3.63, 3.8) is 0 Å². The van der Waals surface area contributed by atoms with Gasteiger partial charge in [0.05, 0.1) is 5.52 Å². The fourth-order valence-corrected chi connectivity index (χ4v) is 4.23. The summed E-state index contributed by atoms with van der Waals surface area (Å²) >= 11 is 1.72. The number of aryl methyl sites for hydroxylation is 1. The molecule has 0 radical (unpaired) electrons. The van der Waals surface area contributed by atoms with Gasteiger partial charge in [0, 0.05) is 45.7 Å². The van der Waals surface area contributed by atoms with Crippen molar-refractivity contribution in [2.75, 3.05) is 26.2 Å². The molecule has 4 rings (SSSR count). The minimum atomic E-state index is -0.356. The Kier molecular flexibility index (Phi) is 5.40. The highest BCUT2D eigenvalue weighted by molar-refractivity contribution is 7.07. The summed E-state index contributed by atoms with van der Waals surface area (Å²) in [7, 11) is 0. The molecule has 2 aromatic heterocycles. The number of benzene rings is 1. The second-order valence-electron chi connectivity index (χ2n) is 6.88. The van der Waals surface area contributed by atoms with E-state index >= 15 is 0 Å². The molecule has 0 bridgehead atoms. The maximum Gasteiger partial charge on any atom is 0.419 e. The monoisotopic (exact) mass is 385 g/mol. The molecule has 142 valence electrons. The second-order valence-corrected chi connectivity index (χ2v) is 7.66. The molecule has 0 unspecified atom stereocenters. The van der Waals surface area contributed by atoms with E-state index in [0.29, 0.717) is 25.0 Å². The number of hydrogen-bond donors (Lipinski definition) is 0. The van der Waals surface area contributed by atoms with Gasteiger partial charge in [0.25, 0.3) is 0 Å². The molecule has 1 aliphatic rings. The largest absolute Gasteiger partial charge is 0.419 e. The molecule has 6 nitrogen and oxygen atoms in total.